The van der Waals surface area contributed by atoms with Gasteiger partial charge in [0.25, 0.3) is 0 Å². The smallest absolute Gasteiger partial charge is 0.133 e. The van der Waals surface area contributed by atoms with Crippen LogP contribution in [0.2, 0.25) is 0 Å². The maximum Gasteiger partial charge on any atom is 0.133 e. The molecular weight excluding hydrogens is 305 g/mol. The second-order valence-electron chi connectivity index (χ2n) is 6.48. The molecule has 24 heavy (non-hydrogen) atoms. The highest BCUT2D eigenvalue weighted by Gasteiger charge is 2.19. The Bertz CT molecular complexity index is 668. The molecule has 0 bridgehead atoms. The Morgan fingerprint density at radius 1 is 1.21 bits per heavy atom. The largest absolute Gasteiger partial charge is 0.367 e. The molecule has 0 aliphatic carbocycles. The lowest BCUT2D eigenvalue weighted by molar-refractivity contribution is 0.211. The van der Waals surface area contributed by atoms with E-state index >= 15 is 0 Å². The number of benzene rings is 1. The van der Waals surface area contributed by atoms with Crippen LogP contribution < -0.4 is 10.2 Å². The fraction of sp³-hybridized carbons (Fsp3) is 0.444. The van der Waals surface area contributed by atoms with Crippen molar-refractivity contribution in [3.05, 3.63) is 48.0 Å². The lowest BCUT2D eigenvalue weighted by atomic mass is 10.0. The van der Waals surface area contributed by atoms with Gasteiger partial charge in [0.2, 0.25) is 0 Å². The third kappa shape index (κ3) is 4.41. The molecule has 6 heteroatoms. The van der Waals surface area contributed by atoms with E-state index in [2.05, 4.69) is 20.2 Å². The van der Waals surface area contributed by atoms with E-state index in [4.69, 9.17) is 0 Å². The van der Waals surface area contributed by atoms with Gasteiger partial charge in [-0.1, -0.05) is 12.1 Å². The van der Waals surface area contributed by atoms with Crippen molar-refractivity contribution < 1.29 is 4.39 Å². The van der Waals surface area contributed by atoms with Gasteiger partial charge in [0, 0.05) is 45.8 Å². The Labute approximate surface area is 142 Å². The van der Waals surface area contributed by atoms with E-state index in [0.29, 0.717) is 6.04 Å². The van der Waals surface area contributed by atoms with Gasteiger partial charge >= 0.3 is 0 Å². The molecule has 1 aliphatic heterocycles. The van der Waals surface area contributed by atoms with Gasteiger partial charge in [0.05, 0.1) is 0 Å². The molecule has 0 spiro atoms. The maximum atomic E-state index is 13.3. The van der Waals surface area contributed by atoms with Crippen molar-refractivity contribution in [1.29, 1.82) is 0 Å². The van der Waals surface area contributed by atoms with Gasteiger partial charge < -0.3 is 10.2 Å². The summed E-state index contributed by atoms with van der Waals surface area (Å²) in [6.45, 7) is 2.81. The van der Waals surface area contributed by atoms with Gasteiger partial charge in [-0.2, -0.15) is 0 Å². The van der Waals surface area contributed by atoms with Crippen LogP contribution in [-0.2, 0) is 6.54 Å². The number of anilines is 2. The van der Waals surface area contributed by atoms with Crippen LogP contribution in [0.1, 0.15) is 18.4 Å². The first-order valence-corrected chi connectivity index (χ1v) is 8.33. The summed E-state index contributed by atoms with van der Waals surface area (Å²) in [7, 11) is 3.94. The number of halogens is 1. The Kier molecular flexibility index (Phi) is 5.25. The van der Waals surface area contributed by atoms with E-state index in [9.17, 15) is 4.39 Å². The summed E-state index contributed by atoms with van der Waals surface area (Å²) in [4.78, 5) is 12.9. The molecule has 3 rings (SSSR count). The summed E-state index contributed by atoms with van der Waals surface area (Å²) < 4.78 is 13.3. The van der Waals surface area contributed by atoms with Crippen molar-refractivity contribution in [3.63, 3.8) is 0 Å². The molecule has 128 valence electrons. The number of nitrogens with zero attached hydrogens (tertiary/aromatic N) is 4. The zero-order valence-electron chi connectivity index (χ0n) is 14.2. The summed E-state index contributed by atoms with van der Waals surface area (Å²) in [5, 5.41) is 3.51. The Balaban J connectivity index is 1.51. The Morgan fingerprint density at radius 3 is 2.71 bits per heavy atom. The molecule has 2 aromatic rings. The van der Waals surface area contributed by atoms with Crippen molar-refractivity contribution in [2.75, 3.05) is 37.4 Å². The average molecular weight is 329 g/mol. The van der Waals surface area contributed by atoms with Crippen LogP contribution in [0.5, 0.6) is 0 Å². The molecular formula is C18H24FN5. The van der Waals surface area contributed by atoms with E-state index in [1.54, 1.807) is 18.5 Å². The van der Waals surface area contributed by atoms with Crippen LogP contribution in [0, 0.1) is 5.82 Å². The van der Waals surface area contributed by atoms with E-state index in [0.717, 1.165) is 49.7 Å². The summed E-state index contributed by atoms with van der Waals surface area (Å²) in [6, 6.07) is 9.25. The average Bonchev–Trinajstić information content (AvgIpc) is 2.57. The van der Waals surface area contributed by atoms with Crippen LogP contribution in [0.4, 0.5) is 16.0 Å². The summed E-state index contributed by atoms with van der Waals surface area (Å²) in [6.07, 6.45) is 3.70. The summed E-state index contributed by atoms with van der Waals surface area (Å²) in [5.74, 6) is 1.61. The number of hydrogen-bond acceptors (Lipinski definition) is 5. The van der Waals surface area contributed by atoms with Crippen LogP contribution in [0.15, 0.2) is 36.7 Å². The molecule has 1 aliphatic rings. The van der Waals surface area contributed by atoms with E-state index < -0.39 is 0 Å². The fourth-order valence-electron chi connectivity index (χ4n) is 3.01. The molecule has 0 amide bonds. The maximum absolute atomic E-state index is 13.3. The first-order valence-electron chi connectivity index (χ1n) is 8.33. The van der Waals surface area contributed by atoms with Crippen LogP contribution in [0.25, 0.3) is 0 Å². The van der Waals surface area contributed by atoms with Crippen LogP contribution >= 0.6 is 0 Å². The minimum absolute atomic E-state index is 0.162. The van der Waals surface area contributed by atoms with Gasteiger partial charge in [0.1, 0.15) is 23.8 Å². The molecule has 1 aromatic carbocycles. The first-order chi connectivity index (χ1) is 11.6. The third-order valence-electron chi connectivity index (χ3n) is 4.35. The standard InChI is InChI=1S/C18H24FN5/c1-23(2)18-11-17(20-13-21-18)22-16-6-8-24(9-7-16)12-14-4-3-5-15(19)10-14/h3-5,10-11,13,16H,6-9,12H2,1-2H3,(H,20,21,22). The lowest BCUT2D eigenvalue weighted by Gasteiger charge is -2.32. The minimum atomic E-state index is -0.162. The number of likely N-dealkylation sites (tertiary alicyclic amines) is 1. The predicted molar refractivity (Wildman–Crippen MR) is 94.7 cm³/mol. The highest BCUT2D eigenvalue weighted by atomic mass is 19.1. The SMILES string of the molecule is CN(C)c1cc(NC2CCN(Cc3cccc(F)c3)CC2)ncn1. The second kappa shape index (κ2) is 7.57. The number of aromatic nitrogens is 2. The molecule has 0 saturated carbocycles. The topological polar surface area (TPSA) is 44.3 Å². The number of hydrogen-bond donors (Lipinski definition) is 1. The zero-order valence-corrected chi connectivity index (χ0v) is 14.2. The van der Waals surface area contributed by atoms with Crippen molar-refractivity contribution in [2.45, 2.75) is 25.4 Å². The molecule has 0 unspecified atom stereocenters. The molecule has 1 fully saturated rings. The van der Waals surface area contributed by atoms with Crippen molar-refractivity contribution in [2.24, 2.45) is 0 Å². The highest BCUT2D eigenvalue weighted by Crippen LogP contribution is 2.19. The second-order valence-corrected chi connectivity index (χ2v) is 6.48. The highest BCUT2D eigenvalue weighted by molar-refractivity contribution is 5.47. The molecule has 1 saturated heterocycles. The number of rotatable bonds is 5. The lowest BCUT2D eigenvalue weighted by Crippen LogP contribution is -2.38. The van der Waals surface area contributed by atoms with Crippen molar-refractivity contribution in [1.82, 2.24) is 14.9 Å². The van der Waals surface area contributed by atoms with E-state index in [1.807, 2.05) is 31.1 Å². The molecule has 2 heterocycles. The third-order valence-corrected chi connectivity index (χ3v) is 4.35. The van der Waals surface area contributed by atoms with Gasteiger partial charge in [-0.3, -0.25) is 4.90 Å². The Morgan fingerprint density at radius 2 is 2.00 bits per heavy atom. The monoisotopic (exact) mass is 329 g/mol. The molecule has 5 nitrogen and oxygen atoms in total. The predicted octanol–water partition coefficient (Wildman–Crippen LogP) is 2.76. The van der Waals surface area contributed by atoms with Crippen LogP contribution in [0.3, 0.4) is 0 Å². The van der Waals surface area contributed by atoms with Gasteiger partial charge in [-0.25, -0.2) is 14.4 Å². The van der Waals surface area contributed by atoms with Gasteiger partial charge in [0.15, 0.2) is 0 Å². The van der Waals surface area contributed by atoms with Crippen molar-refractivity contribution >= 4 is 11.6 Å². The quantitative estimate of drug-likeness (QED) is 0.914. The summed E-state index contributed by atoms with van der Waals surface area (Å²) in [5.41, 5.74) is 1.04. The molecule has 0 atom stereocenters. The normalized spacial score (nSPS) is 16.1. The van der Waals surface area contributed by atoms with E-state index in [-0.39, 0.29) is 5.82 Å². The molecule has 1 aromatic heterocycles. The minimum Gasteiger partial charge on any atom is -0.367 e. The van der Waals surface area contributed by atoms with Gasteiger partial charge in [-0.15, -0.1) is 0 Å². The van der Waals surface area contributed by atoms with Crippen LogP contribution in [-0.4, -0.2) is 48.1 Å². The zero-order chi connectivity index (χ0) is 16.9. The summed E-state index contributed by atoms with van der Waals surface area (Å²) >= 11 is 0. The van der Waals surface area contributed by atoms with E-state index in [1.165, 1.54) is 6.07 Å². The number of nitrogens with one attached hydrogen (secondary N) is 1. The molecule has 1 N–H and O–H groups in total. The Hall–Kier alpha value is -2.21. The number of piperidine rings is 1. The fourth-order valence-corrected chi connectivity index (χ4v) is 3.01. The molecule has 0 radical (unpaired) electrons. The van der Waals surface area contributed by atoms with Crippen molar-refractivity contribution in [3.8, 4) is 0 Å². The first kappa shape index (κ1) is 16.6. The van der Waals surface area contributed by atoms with Gasteiger partial charge in [-0.05, 0) is 30.5 Å².